The van der Waals surface area contributed by atoms with Gasteiger partial charge in [0.2, 0.25) is 0 Å². The molecule has 0 saturated carbocycles. The third-order valence-corrected chi connectivity index (χ3v) is 6.38. The third-order valence-electron chi connectivity index (χ3n) is 5.49. The molecule has 0 bridgehead atoms. The van der Waals surface area contributed by atoms with E-state index in [1.807, 2.05) is 47.8 Å². The summed E-state index contributed by atoms with van der Waals surface area (Å²) in [6.45, 7) is 0.370. The number of rotatable bonds is 9. The van der Waals surface area contributed by atoms with Gasteiger partial charge in [0.1, 0.15) is 22.1 Å². The van der Waals surface area contributed by atoms with Crippen molar-refractivity contribution in [2.75, 3.05) is 28.4 Å². The highest BCUT2D eigenvalue weighted by Crippen LogP contribution is 2.34. The first kappa shape index (κ1) is 24.1. The van der Waals surface area contributed by atoms with Gasteiger partial charge in [-0.2, -0.15) is 0 Å². The molecule has 1 heterocycles. The molecule has 1 aromatic heterocycles. The minimum absolute atomic E-state index is 0.261. The smallest absolute Gasteiger partial charge is 0.259 e. The average Bonchev–Trinajstić information content (AvgIpc) is 3.41. The van der Waals surface area contributed by atoms with Gasteiger partial charge in [0, 0.05) is 23.1 Å². The number of benzene rings is 3. The molecule has 3 aromatic carbocycles. The van der Waals surface area contributed by atoms with Crippen molar-refractivity contribution in [2.45, 2.75) is 6.54 Å². The zero-order valence-electron chi connectivity index (χ0n) is 20.0. The Kier molecular flexibility index (Phi) is 7.52. The minimum Gasteiger partial charge on any atom is -0.496 e. The van der Waals surface area contributed by atoms with E-state index in [-0.39, 0.29) is 5.91 Å². The van der Waals surface area contributed by atoms with Gasteiger partial charge in [0.05, 0.1) is 34.1 Å². The Morgan fingerprint density at radius 1 is 0.800 bits per heavy atom. The van der Waals surface area contributed by atoms with Crippen LogP contribution in [0, 0.1) is 0 Å². The molecule has 0 atom stereocenters. The SMILES string of the molecule is COc1ccc(-c2csc(-c3ccc(CNC(=O)c4c(OC)cccc4OC)cc3)n2)cc1OC. The van der Waals surface area contributed by atoms with Gasteiger partial charge in [0.15, 0.2) is 11.5 Å². The fourth-order valence-electron chi connectivity index (χ4n) is 3.65. The number of nitrogens with zero attached hydrogens (tertiary/aromatic N) is 1. The average molecular weight is 491 g/mol. The standard InChI is InChI=1S/C27H26N2O5S/c1-31-21-13-12-19(14-24(21)34-4)20-16-35-27(29-20)18-10-8-17(9-11-18)15-28-26(30)25-22(32-2)6-5-7-23(25)33-3/h5-14,16H,15H2,1-4H3,(H,28,30). The Labute approximate surface area is 208 Å². The van der Waals surface area contributed by atoms with Gasteiger partial charge in [0.25, 0.3) is 5.91 Å². The molecule has 4 aromatic rings. The molecule has 8 heteroatoms. The molecule has 180 valence electrons. The topological polar surface area (TPSA) is 78.9 Å². The number of nitrogens with one attached hydrogen (secondary N) is 1. The van der Waals surface area contributed by atoms with Gasteiger partial charge in [-0.25, -0.2) is 4.98 Å². The highest BCUT2D eigenvalue weighted by Gasteiger charge is 2.18. The summed E-state index contributed by atoms with van der Waals surface area (Å²) in [5.74, 6) is 2.01. The van der Waals surface area contributed by atoms with E-state index < -0.39 is 0 Å². The van der Waals surface area contributed by atoms with Crippen LogP contribution in [0.4, 0.5) is 0 Å². The van der Waals surface area contributed by atoms with E-state index >= 15 is 0 Å². The van der Waals surface area contributed by atoms with Crippen molar-refractivity contribution >= 4 is 17.2 Å². The number of amides is 1. The molecule has 1 amide bonds. The highest BCUT2D eigenvalue weighted by molar-refractivity contribution is 7.13. The second-order valence-corrected chi connectivity index (χ2v) is 8.38. The van der Waals surface area contributed by atoms with Gasteiger partial charge < -0.3 is 24.3 Å². The Hall–Kier alpha value is -4.04. The van der Waals surface area contributed by atoms with Crippen LogP contribution in [0.15, 0.2) is 66.0 Å². The number of carbonyl (C=O) groups is 1. The van der Waals surface area contributed by atoms with Crippen LogP contribution in [0.2, 0.25) is 0 Å². The van der Waals surface area contributed by atoms with E-state index in [1.54, 1.807) is 43.8 Å². The van der Waals surface area contributed by atoms with Crippen LogP contribution < -0.4 is 24.3 Å². The normalized spacial score (nSPS) is 10.5. The lowest BCUT2D eigenvalue weighted by molar-refractivity contribution is 0.0944. The molecule has 7 nitrogen and oxygen atoms in total. The van der Waals surface area contributed by atoms with Crippen LogP contribution >= 0.6 is 11.3 Å². The lowest BCUT2D eigenvalue weighted by Gasteiger charge is -2.13. The Morgan fingerprint density at radius 3 is 2.06 bits per heavy atom. The monoisotopic (exact) mass is 490 g/mol. The maximum absolute atomic E-state index is 12.8. The first-order valence-electron chi connectivity index (χ1n) is 10.8. The number of hydrogen-bond donors (Lipinski definition) is 1. The number of carbonyl (C=O) groups excluding carboxylic acids is 1. The molecule has 0 saturated heterocycles. The van der Waals surface area contributed by atoms with E-state index in [1.165, 1.54) is 14.2 Å². The van der Waals surface area contributed by atoms with Gasteiger partial charge in [-0.05, 0) is 35.9 Å². The van der Waals surface area contributed by atoms with Crippen molar-refractivity contribution in [2.24, 2.45) is 0 Å². The lowest BCUT2D eigenvalue weighted by atomic mass is 10.1. The number of aromatic nitrogens is 1. The summed E-state index contributed by atoms with van der Waals surface area (Å²) < 4.78 is 21.4. The zero-order valence-corrected chi connectivity index (χ0v) is 20.8. The summed E-state index contributed by atoms with van der Waals surface area (Å²) in [4.78, 5) is 17.6. The predicted octanol–water partition coefficient (Wildman–Crippen LogP) is 5.44. The second-order valence-electron chi connectivity index (χ2n) is 7.52. The van der Waals surface area contributed by atoms with Gasteiger partial charge in [-0.15, -0.1) is 11.3 Å². The van der Waals surface area contributed by atoms with E-state index in [4.69, 9.17) is 23.9 Å². The second kappa shape index (κ2) is 10.9. The maximum Gasteiger partial charge on any atom is 0.259 e. The predicted molar refractivity (Wildman–Crippen MR) is 137 cm³/mol. The van der Waals surface area contributed by atoms with Crippen LogP contribution in [0.3, 0.4) is 0 Å². The van der Waals surface area contributed by atoms with Crippen LogP contribution in [0.1, 0.15) is 15.9 Å². The summed E-state index contributed by atoms with van der Waals surface area (Å²) in [5, 5.41) is 5.86. The number of thiazole rings is 1. The van der Waals surface area contributed by atoms with Crippen LogP contribution in [0.5, 0.6) is 23.0 Å². The molecule has 0 aliphatic heterocycles. The molecule has 0 unspecified atom stereocenters. The molecule has 0 aliphatic carbocycles. The van der Waals surface area contributed by atoms with E-state index in [0.717, 1.165) is 27.4 Å². The molecule has 0 fully saturated rings. The van der Waals surface area contributed by atoms with Crippen molar-refractivity contribution in [3.8, 4) is 44.8 Å². The van der Waals surface area contributed by atoms with Crippen molar-refractivity contribution in [3.05, 3.63) is 77.2 Å². The van der Waals surface area contributed by atoms with Crippen LogP contribution in [-0.4, -0.2) is 39.3 Å². The van der Waals surface area contributed by atoms with E-state index in [0.29, 0.717) is 35.1 Å². The summed E-state index contributed by atoms with van der Waals surface area (Å²) in [7, 11) is 6.28. The van der Waals surface area contributed by atoms with E-state index in [2.05, 4.69) is 5.32 Å². The van der Waals surface area contributed by atoms with Crippen molar-refractivity contribution < 1.29 is 23.7 Å². The molecular formula is C27H26N2O5S. The summed E-state index contributed by atoms with van der Waals surface area (Å²) in [6, 6.07) is 19.0. The van der Waals surface area contributed by atoms with E-state index in [9.17, 15) is 4.79 Å². The zero-order chi connectivity index (χ0) is 24.8. The summed E-state index contributed by atoms with van der Waals surface area (Å²) in [5.41, 5.74) is 4.17. The Bertz CT molecular complexity index is 1300. The number of methoxy groups -OCH3 is 4. The van der Waals surface area contributed by atoms with Crippen molar-refractivity contribution in [1.82, 2.24) is 10.3 Å². The number of hydrogen-bond acceptors (Lipinski definition) is 7. The molecule has 4 rings (SSSR count). The minimum atomic E-state index is -0.261. The Balaban J connectivity index is 1.45. The number of ether oxygens (including phenoxy) is 4. The van der Waals surface area contributed by atoms with Gasteiger partial charge >= 0.3 is 0 Å². The van der Waals surface area contributed by atoms with Crippen LogP contribution in [0.25, 0.3) is 21.8 Å². The molecule has 0 spiro atoms. The van der Waals surface area contributed by atoms with Gasteiger partial charge in [-0.3, -0.25) is 4.79 Å². The molecule has 35 heavy (non-hydrogen) atoms. The lowest BCUT2D eigenvalue weighted by Crippen LogP contribution is -2.24. The quantitative estimate of drug-likeness (QED) is 0.337. The highest BCUT2D eigenvalue weighted by atomic mass is 32.1. The van der Waals surface area contributed by atoms with Crippen molar-refractivity contribution in [3.63, 3.8) is 0 Å². The summed E-state index contributed by atoms with van der Waals surface area (Å²) in [6.07, 6.45) is 0. The first-order chi connectivity index (χ1) is 17.1. The van der Waals surface area contributed by atoms with Gasteiger partial charge in [-0.1, -0.05) is 30.3 Å². The summed E-state index contributed by atoms with van der Waals surface area (Å²) >= 11 is 1.57. The largest absolute Gasteiger partial charge is 0.496 e. The molecule has 0 aliphatic rings. The van der Waals surface area contributed by atoms with Crippen LogP contribution in [-0.2, 0) is 6.54 Å². The molecule has 0 radical (unpaired) electrons. The van der Waals surface area contributed by atoms with Crippen molar-refractivity contribution in [1.29, 1.82) is 0 Å². The first-order valence-corrected chi connectivity index (χ1v) is 11.7. The Morgan fingerprint density at radius 2 is 1.43 bits per heavy atom. The molecule has 1 N–H and O–H groups in total. The fraction of sp³-hybridized carbons (Fsp3) is 0.185. The maximum atomic E-state index is 12.8. The molecular weight excluding hydrogens is 464 g/mol. The third kappa shape index (κ3) is 5.22. The fourth-order valence-corrected chi connectivity index (χ4v) is 4.48.